The highest BCUT2D eigenvalue weighted by molar-refractivity contribution is 5.87. The highest BCUT2D eigenvalue weighted by atomic mass is 19.4. The molecular formula is C27H25F3N6O3. The molecule has 202 valence electrons. The van der Waals surface area contributed by atoms with Crippen LogP contribution in [0.25, 0.3) is 22.6 Å². The number of halogens is 3. The van der Waals surface area contributed by atoms with Crippen molar-refractivity contribution in [2.24, 2.45) is 0 Å². The van der Waals surface area contributed by atoms with Crippen LogP contribution in [-0.2, 0) is 4.74 Å². The van der Waals surface area contributed by atoms with Crippen molar-refractivity contribution in [3.63, 3.8) is 0 Å². The maximum atomic E-state index is 13.2. The van der Waals surface area contributed by atoms with Gasteiger partial charge in [-0.1, -0.05) is 6.92 Å². The summed E-state index contributed by atoms with van der Waals surface area (Å²) in [6.45, 7) is 5.55. The van der Waals surface area contributed by atoms with Gasteiger partial charge in [0.2, 0.25) is 5.88 Å². The molecule has 9 nitrogen and oxygen atoms in total. The molecular weight excluding hydrogens is 513 g/mol. The van der Waals surface area contributed by atoms with Crippen LogP contribution in [0, 0.1) is 13.8 Å². The molecule has 2 unspecified atom stereocenters. The van der Waals surface area contributed by atoms with Gasteiger partial charge in [-0.25, -0.2) is 24.9 Å². The number of aryl methyl sites for hydroxylation is 2. The minimum absolute atomic E-state index is 0.237. The Morgan fingerprint density at radius 2 is 1.90 bits per heavy atom. The van der Waals surface area contributed by atoms with Crippen molar-refractivity contribution < 1.29 is 22.3 Å². The number of hydrogen-bond donors (Lipinski definition) is 0. The topological polar surface area (TPSA) is 109 Å². The van der Waals surface area contributed by atoms with Gasteiger partial charge in [0.05, 0.1) is 29.3 Å². The number of rotatable bonds is 8. The lowest BCUT2D eigenvalue weighted by atomic mass is 9.92. The Morgan fingerprint density at radius 1 is 1.15 bits per heavy atom. The molecule has 0 fully saturated rings. The second-order valence-corrected chi connectivity index (χ2v) is 9.33. The smallest absolute Gasteiger partial charge is 0.420 e. The van der Waals surface area contributed by atoms with Crippen LogP contribution in [0.5, 0.6) is 0 Å². The van der Waals surface area contributed by atoms with E-state index in [1.54, 1.807) is 33.2 Å². The summed E-state index contributed by atoms with van der Waals surface area (Å²) in [6, 6.07) is 3.10. The standard InChI is InChI=1S/C27H25F3N6O3/c1-5-16(10-20(38-4)17-6-7-21(37)36(12-17)22-11-31-13-39-22)25-34-23(18-8-19(9-18)27(28,29)30)24-26(35-25)33-15(3)14(2)32-24/h6-7,11-13,16,20H,5,8,10H2,1-4H3. The van der Waals surface area contributed by atoms with E-state index >= 15 is 0 Å². The average Bonchev–Trinajstić information content (AvgIpc) is 3.39. The fourth-order valence-corrected chi connectivity index (χ4v) is 4.45. The fourth-order valence-electron chi connectivity index (χ4n) is 4.45. The fraction of sp³-hybridized carbons (Fsp3) is 0.370. The summed E-state index contributed by atoms with van der Waals surface area (Å²) in [5.74, 6) is 0.465. The number of allylic oxidation sites excluding steroid dienone is 1. The maximum absolute atomic E-state index is 13.2. The Bertz CT molecular complexity index is 1670. The van der Waals surface area contributed by atoms with E-state index < -0.39 is 17.9 Å². The van der Waals surface area contributed by atoms with Crippen molar-refractivity contribution >= 4 is 16.7 Å². The molecule has 0 amide bonds. The molecule has 5 rings (SSSR count). The Balaban J connectivity index is 1.56. The summed E-state index contributed by atoms with van der Waals surface area (Å²) in [4.78, 5) is 34.8. The monoisotopic (exact) mass is 538 g/mol. The first-order chi connectivity index (χ1) is 18.6. The Labute approximate surface area is 221 Å². The Morgan fingerprint density at radius 3 is 2.54 bits per heavy atom. The zero-order valence-electron chi connectivity index (χ0n) is 21.7. The van der Waals surface area contributed by atoms with E-state index in [9.17, 15) is 18.0 Å². The van der Waals surface area contributed by atoms with Gasteiger partial charge in [-0.05, 0) is 38.3 Å². The third kappa shape index (κ3) is 5.13. The van der Waals surface area contributed by atoms with Gasteiger partial charge in [0.25, 0.3) is 5.56 Å². The molecule has 0 spiro atoms. The van der Waals surface area contributed by atoms with Gasteiger partial charge in [0.1, 0.15) is 17.0 Å². The lowest BCUT2D eigenvalue weighted by Crippen LogP contribution is -2.19. The van der Waals surface area contributed by atoms with E-state index in [0.29, 0.717) is 52.5 Å². The summed E-state index contributed by atoms with van der Waals surface area (Å²) in [5.41, 5.74) is 4.76. The van der Waals surface area contributed by atoms with Crippen LogP contribution in [-0.4, -0.2) is 42.8 Å². The van der Waals surface area contributed by atoms with E-state index in [1.807, 2.05) is 6.92 Å². The number of hydrogen-bond acceptors (Lipinski definition) is 8. The minimum Gasteiger partial charge on any atom is -0.427 e. The molecule has 0 saturated heterocycles. The lowest BCUT2D eigenvalue weighted by Gasteiger charge is -2.23. The summed E-state index contributed by atoms with van der Waals surface area (Å²) < 4.78 is 51.9. The zero-order valence-corrected chi connectivity index (χ0v) is 21.7. The van der Waals surface area contributed by atoms with Crippen LogP contribution < -0.4 is 5.56 Å². The third-order valence-electron chi connectivity index (χ3n) is 6.85. The van der Waals surface area contributed by atoms with Crippen LogP contribution >= 0.6 is 0 Å². The van der Waals surface area contributed by atoms with E-state index in [1.165, 1.54) is 23.2 Å². The quantitative estimate of drug-likeness (QED) is 0.277. The van der Waals surface area contributed by atoms with Gasteiger partial charge < -0.3 is 9.15 Å². The van der Waals surface area contributed by atoms with Gasteiger partial charge in [0.15, 0.2) is 12.0 Å². The predicted octanol–water partition coefficient (Wildman–Crippen LogP) is 5.32. The molecule has 0 N–H and O–H groups in total. The first-order valence-corrected chi connectivity index (χ1v) is 12.3. The molecule has 0 radical (unpaired) electrons. The highest BCUT2D eigenvalue weighted by Gasteiger charge is 2.39. The number of aromatic nitrogens is 6. The zero-order chi connectivity index (χ0) is 27.9. The number of nitrogens with zero attached hydrogens (tertiary/aromatic N) is 6. The van der Waals surface area contributed by atoms with Crippen LogP contribution in [0.2, 0.25) is 0 Å². The van der Waals surface area contributed by atoms with Gasteiger partial charge in [0, 0.05) is 37.3 Å². The van der Waals surface area contributed by atoms with E-state index in [-0.39, 0.29) is 23.8 Å². The van der Waals surface area contributed by atoms with Crippen LogP contribution in [0.1, 0.15) is 66.7 Å². The molecule has 1 aliphatic carbocycles. The second-order valence-electron chi connectivity index (χ2n) is 9.33. The van der Waals surface area contributed by atoms with E-state index in [4.69, 9.17) is 14.1 Å². The van der Waals surface area contributed by atoms with Crippen molar-refractivity contribution in [1.29, 1.82) is 0 Å². The maximum Gasteiger partial charge on any atom is 0.420 e. The molecule has 4 aromatic rings. The van der Waals surface area contributed by atoms with Crippen molar-refractivity contribution in [1.82, 2.24) is 29.5 Å². The van der Waals surface area contributed by atoms with Gasteiger partial charge in [-0.2, -0.15) is 13.2 Å². The first kappa shape index (κ1) is 26.5. The van der Waals surface area contributed by atoms with Gasteiger partial charge in [-0.3, -0.25) is 9.36 Å². The Hall–Kier alpha value is -4.15. The Kier molecular flexibility index (Phi) is 6.92. The second kappa shape index (κ2) is 10.2. The van der Waals surface area contributed by atoms with Gasteiger partial charge in [-0.15, -0.1) is 5.73 Å². The van der Waals surface area contributed by atoms with Crippen molar-refractivity contribution in [2.75, 3.05) is 7.11 Å². The van der Waals surface area contributed by atoms with Crippen molar-refractivity contribution in [3.8, 4) is 5.88 Å². The number of ether oxygens (including phenoxy) is 1. The normalized spacial score (nSPS) is 15.1. The highest BCUT2D eigenvalue weighted by Crippen LogP contribution is 2.40. The molecule has 39 heavy (non-hydrogen) atoms. The lowest BCUT2D eigenvalue weighted by molar-refractivity contribution is -0.0934. The molecule has 2 atom stereocenters. The van der Waals surface area contributed by atoms with E-state index in [0.717, 1.165) is 5.56 Å². The van der Waals surface area contributed by atoms with Crippen LogP contribution in [0.3, 0.4) is 0 Å². The summed E-state index contributed by atoms with van der Waals surface area (Å²) in [7, 11) is 1.56. The number of pyridine rings is 1. The largest absolute Gasteiger partial charge is 0.427 e. The predicted molar refractivity (Wildman–Crippen MR) is 135 cm³/mol. The third-order valence-corrected chi connectivity index (χ3v) is 6.85. The molecule has 4 heterocycles. The number of alkyl halides is 3. The number of oxazole rings is 1. The molecule has 1 aliphatic rings. The first-order valence-electron chi connectivity index (χ1n) is 12.3. The molecule has 0 aliphatic heterocycles. The summed E-state index contributed by atoms with van der Waals surface area (Å²) in [5, 5.41) is 0. The van der Waals surface area contributed by atoms with Crippen LogP contribution in [0.4, 0.5) is 13.2 Å². The molecule has 0 saturated carbocycles. The number of methoxy groups -OCH3 is 1. The average molecular weight is 539 g/mol. The molecule has 12 heteroatoms. The summed E-state index contributed by atoms with van der Waals surface area (Å²) in [6.07, 6.45) is 0.179. The van der Waals surface area contributed by atoms with Crippen molar-refractivity contribution in [2.45, 2.75) is 58.2 Å². The number of fused-ring (bicyclic) bond motifs is 1. The van der Waals surface area contributed by atoms with E-state index in [2.05, 4.69) is 25.7 Å². The van der Waals surface area contributed by atoms with Crippen molar-refractivity contribution in [3.05, 3.63) is 81.0 Å². The van der Waals surface area contributed by atoms with Gasteiger partial charge >= 0.3 is 6.18 Å². The molecule has 0 bridgehead atoms. The summed E-state index contributed by atoms with van der Waals surface area (Å²) >= 11 is 0. The minimum atomic E-state index is -4.44. The molecule has 0 aromatic carbocycles. The molecule has 4 aromatic heterocycles. The SMILES string of the molecule is CCC(CC(OC)c1ccc(=O)n(-c2cnco2)c1)c1nc(C2=C=C(C(F)(F)F)C2)c2nc(C)c(C)nc2n1. The van der Waals surface area contributed by atoms with Crippen LogP contribution in [0.15, 0.2) is 51.4 Å².